The van der Waals surface area contributed by atoms with Crippen molar-refractivity contribution in [2.75, 3.05) is 5.32 Å². The molecule has 1 N–H and O–H groups in total. The molecule has 0 radical (unpaired) electrons. The average molecular weight is 278 g/mol. The molecule has 0 saturated carbocycles. The largest absolute Gasteiger partial charge is 0.322 e. The number of nitrogens with one attached hydrogen (secondary N) is 1. The van der Waals surface area contributed by atoms with Crippen LogP contribution in [0.25, 0.3) is 5.69 Å². The standard InChI is InChI=1S/C16H14N4O/c1-12-3-4-13(11-17-12)16(21)19-14-5-7-15(8-6-14)20-10-2-9-18-20/h2-11H,1H3,(H,19,21). The van der Waals surface area contributed by atoms with E-state index in [1.807, 2.05) is 49.5 Å². The van der Waals surface area contributed by atoms with Gasteiger partial charge in [-0.3, -0.25) is 9.78 Å². The summed E-state index contributed by atoms with van der Waals surface area (Å²) in [5.74, 6) is -0.172. The number of aryl methyl sites for hydroxylation is 1. The lowest BCUT2D eigenvalue weighted by atomic mass is 10.2. The summed E-state index contributed by atoms with van der Waals surface area (Å²) in [6.45, 7) is 1.88. The van der Waals surface area contributed by atoms with Gasteiger partial charge in [-0.05, 0) is 49.4 Å². The molecule has 2 aromatic heterocycles. The topological polar surface area (TPSA) is 59.8 Å². The maximum absolute atomic E-state index is 12.1. The first-order valence-electron chi connectivity index (χ1n) is 6.56. The highest BCUT2D eigenvalue weighted by molar-refractivity contribution is 6.04. The number of carbonyl (C=O) groups excluding carboxylic acids is 1. The fourth-order valence-corrected chi connectivity index (χ4v) is 1.92. The highest BCUT2D eigenvalue weighted by atomic mass is 16.1. The summed E-state index contributed by atoms with van der Waals surface area (Å²) >= 11 is 0. The number of hydrogen-bond acceptors (Lipinski definition) is 3. The molecule has 0 saturated heterocycles. The Hall–Kier alpha value is -2.95. The quantitative estimate of drug-likeness (QED) is 0.801. The van der Waals surface area contributed by atoms with Crippen LogP contribution in [0.15, 0.2) is 61.1 Å². The van der Waals surface area contributed by atoms with E-state index in [2.05, 4.69) is 15.4 Å². The maximum atomic E-state index is 12.1. The van der Waals surface area contributed by atoms with E-state index in [0.29, 0.717) is 5.56 Å². The molecule has 1 aromatic carbocycles. The van der Waals surface area contributed by atoms with Gasteiger partial charge in [-0.2, -0.15) is 5.10 Å². The Morgan fingerprint density at radius 3 is 2.57 bits per heavy atom. The second-order valence-corrected chi connectivity index (χ2v) is 4.64. The molecule has 0 fully saturated rings. The van der Waals surface area contributed by atoms with Gasteiger partial charge in [0.05, 0.1) is 11.3 Å². The molecule has 0 aliphatic carbocycles. The summed E-state index contributed by atoms with van der Waals surface area (Å²) in [6, 6.07) is 12.9. The number of amides is 1. The van der Waals surface area contributed by atoms with E-state index in [1.54, 1.807) is 23.1 Å². The lowest BCUT2D eigenvalue weighted by Crippen LogP contribution is -2.12. The van der Waals surface area contributed by atoms with Gasteiger partial charge in [-0.25, -0.2) is 4.68 Å². The molecule has 21 heavy (non-hydrogen) atoms. The number of anilines is 1. The van der Waals surface area contributed by atoms with E-state index >= 15 is 0 Å². The van der Waals surface area contributed by atoms with Gasteiger partial charge in [-0.1, -0.05) is 0 Å². The smallest absolute Gasteiger partial charge is 0.257 e. The Labute approximate surface area is 122 Å². The first-order chi connectivity index (χ1) is 10.2. The number of hydrogen-bond donors (Lipinski definition) is 1. The summed E-state index contributed by atoms with van der Waals surface area (Å²) < 4.78 is 1.76. The Bertz CT molecular complexity index is 731. The average Bonchev–Trinajstić information content (AvgIpc) is 3.03. The van der Waals surface area contributed by atoms with Crippen LogP contribution in [-0.4, -0.2) is 20.7 Å². The van der Waals surface area contributed by atoms with E-state index in [0.717, 1.165) is 17.1 Å². The Morgan fingerprint density at radius 1 is 1.14 bits per heavy atom. The van der Waals surface area contributed by atoms with E-state index < -0.39 is 0 Å². The van der Waals surface area contributed by atoms with Gasteiger partial charge < -0.3 is 5.32 Å². The third-order valence-corrected chi connectivity index (χ3v) is 3.07. The molecule has 1 amide bonds. The molecule has 104 valence electrons. The summed E-state index contributed by atoms with van der Waals surface area (Å²) in [4.78, 5) is 16.2. The van der Waals surface area contributed by atoms with E-state index in [-0.39, 0.29) is 5.91 Å². The zero-order valence-electron chi connectivity index (χ0n) is 11.5. The first-order valence-corrected chi connectivity index (χ1v) is 6.56. The van der Waals surface area contributed by atoms with Crippen molar-refractivity contribution in [1.82, 2.24) is 14.8 Å². The van der Waals surface area contributed by atoms with Gasteiger partial charge >= 0.3 is 0 Å². The van der Waals surface area contributed by atoms with Gasteiger partial charge in [0.1, 0.15) is 0 Å². The third kappa shape index (κ3) is 2.97. The van der Waals surface area contributed by atoms with Gasteiger partial charge in [-0.15, -0.1) is 0 Å². The van der Waals surface area contributed by atoms with Crippen LogP contribution in [0.5, 0.6) is 0 Å². The SMILES string of the molecule is Cc1ccc(C(=O)Nc2ccc(-n3cccn3)cc2)cn1. The van der Waals surface area contributed by atoms with Crippen molar-refractivity contribution in [2.24, 2.45) is 0 Å². The van der Waals surface area contributed by atoms with Crippen LogP contribution in [-0.2, 0) is 0 Å². The Kier molecular flexibility index (Phi) is 3.47. The number of carbonyl (C=O) groups is 1. The van der Waals surface area contributed by atoms with Crippen molar-refractivity contribution < 1.29 is 4.79 Å². The van der Waals surface area contributed by atoms with Crippen molar-refractivity contribution >= 4 is 11.6 Å². The number of aromatic nitrogens is 3. The van der Waals surface area contributed by atoms with Crippen molar-refractivity contribution in [1.29, 1.82) is 0 Å². The highest BCUT2D eigenvalue weighted by Crippen LogP contribution is 2.13. The lowest BCUT2D eigenvalue weighted by molar-refractivity contribution is 0.102. The summed E-state index contributed by atoms with van der Waals surface area (Å²) in [7, 11) is 0. The monoisotopic (exact) mass is 278 g/mol. The minimum Gasteiger partial charge on any atom is -0.322 e. The minimum absolute atomic E-state index is 0.172. The molecule has 0 aliphatic rings. The summed E-state index contributed by atoms with van der Waals surface area (Å²) in [6.07, 6.45) is 5.16. The predicted molar refractivity (Wildman–Crippen MR) is 80.5 cm³/mol. The molecule has 5 heteroatoms. The number of benzene rings is 1. The molecule has 3 rings (SSSR count). The van der Waals surface area contributed by atoms with Crippen LogP contribution in [0.2, 0.25) is 0 Å². The fraction of sp³-hybridized carbons (Fsp3) is 0.0625. The van der Waals surface area contributed by atoms with Crippen LogP contribution in [0, 0.1) is 6.92 Å². The van der Waals surface area contributed by atoms with E-state index in [1.165, 1.54) is 0 Å². The zero-order valence-corrected chi connectivity index (χ0v) is 11.5. The summed E-state index contributed by atoms with van der Waals surface area (Å²) in [5.41, 5.74) is 3.10. The van der Waals surface area contributed by atoms with Gasteiger partial charge in [0.25, 0.3) is 5.91 Å². The van der Waals surface area contributed by atoms with Gasteiger partial charge in [0, 0.05) is 30.0 Å². The lowest BCUT2D eigenvalue weighted by Gasteiger charge is -2.07. The molecule has 0 spiro atoms. The second-order valence-electron chi connectivity index (χ2n) is 4.64. The van der Waals surface area contributed by atoms with Crippen molar-refractivity contribution in [3.63, 3.8) is 0 Å². The number of pyridine rings is 1. The second kappa shape index (κ2) is 5.58. The summed E-state index contributed by atoms with van der Waals surface area (Å²) in [5, 5.41) is 7.00. The first kappa shape index (κ1) is 13.1. The predicted octanol–water partition coefficient (Wildman–Crippen LogP) is 2.83. The molecule has 0 bridgehead atoms. The Morgan fingerprint density at radius 2 is 1.95 bits per heavy atom. The third-order valence-electron chi connectivity index (χ3n) is 3.07. The molecule has 0 unspecified atom stereocenters. The van der Waals surface area contributed by atoms with Crippen molar-refractivity contribution in [3.8, 4) is 5.69 Å². The number of nitrogens with zero attached hydrogens (tertiary/aromatic N) is 3. The molecule has 3 aromatic rings. The van der Waals surface area contributed by atoms with Crippen LogP contribution < -0.4 is 5.32 Å². The maximum Gasteiger partial charge on any atom is 0.257 e. The van der Waals surface area contributed by atoms with Gasteiger partial charge in [0.2, 0.25) is 0 Å². The Balaban J connectivity index is 1.73. The minimum atomic E-state index is -0.172. The fourth-order valence-electron chi connectivity index (χ4n) is 1.92. The van der Waals surface area contributed by atoms with Crippen molar-refractivity contribution in [2.45, 2.75) is 6.92 Å². The van der Waals surface area contributed by atoms with Crippen LogP contribution in [0.4, 0.5) is 5.69 Å². The van der Waals surface area contributed by atoms with Crippen molar-refractivity contribution in [3.05, 3.63) is 72.3 Å². The highest BCUT2D eigenvalue weighted by Gasteiger charge is 2.06. The molecule has 0 aliphatic heterocycles. The zero-order chi connectivity index (χ0) is 14.7. The molecule has 2 heterocycles. The van der Waals surface area contributed by atoms with Crippen LogP contribution in [0.1, 0.15) is 16.1 Å². The molecule has 5 nitrogen and oxygen atoms in total. The van der Waals surface area contributed by atoms with E-state index in [9.17, 15) is 4.79 Å². The normalized spacial score (nSPS) is 10.3. The molecular formula is C16H14N4O. The van der Waals surface area contributed by atoms with Gasteiger partial charge in [0.15, 0.2) is 0 Å². The van der Waals surface area contributed by atoms with Crippen LogP contribution >= 0.6 is 0 Å². The number of rotatable bonds is 3. The van der Waals surface area contributed by atoms with Crippen LogP contribution in [0.3, 0.4) is 0 Å². The molecule has 0 atom stereocenters. The molecular weight excluding hydrogens is 264 g/mol. The van der Waals surface area contributed by atoms with E-state index in [4.69, 9.17) is 0 Å².